The molecule has 6 nitrogen and oxygen atoms in total. The van der Waals surface area contributed by atoms with Gasteiger partial charge in [0.2, 0.25) is 12.0 Å². The zero-order valence-corrected chi connectivity index (χ0v) is 11.4. The van der Waals surface area contributed by atoms with Crippen LogP contribution in [-0.2, 0) is 19.0 Å². The molecule has 110 valence electrons. The van der Waals surface area contributed by atoms with Gasteiger partial charge in [-0.15, -0.1) is 0 Å². The lowest BCUT2D eigenvalue weighted by molar-refractivity contribution is -0.163. The Labute approximate surface area is 113 Å². The van der Waals surface area contributed by atoms with E-state index in [1.807, 2.05) is 13.8 Å². The lowest BCUT2D eigenvalue weighted by atomic mass is 9.90. The molecular formula is C13H22O6. The zero-order chi connectivity index (χ0) is 14.3. The first-order chi connectivity index (χ1) is 9.04. The van der Waals surface area contributed by atoms with Crippen molar-refractivity contribution in [3.8, 4) is 0 Å². The van der Waals surface area contributed by atoms with E-state index in [1.165, 1.54) is 0 Å². The van der Waals surface area contributed by atoms with Crippen molar-refractivity contribution in [3.05, 3.63) is 11.8 Å². The quantitative estimate of drug-likeness (QED) is 0.642. The summed E-state index contributed by atoms with van der Waals surface area (Å²) in [6, 6.07) is 0. The third-order valence-electron chi connectivity index (χ3n) is 2.92. The van der Waals surface area contributed by atoms with Gasteiger partial charge in [-0.3, -0.25) is 0 Å². The molecule has 6 heteroatoms. The van der Waals surface area contributed by atoms with Crippen molar-refractivity contribution in [2.75, 3.05) is 26.4 Å². The number of allylic oxidation sites excluding steroid dienone is 1. The fourth-order valence-corrected chi connectivity index (χ4v) is 1.81. The second-order valence-electron chi connectivity index (χ2n) is 4.73. The standard InChI is InChI=1S/C13H22O6/c1-9(2)10-7-11(13(15)16)19-12(8-10)18-6-5-17-4-3-14/h7,9-10,12,14H,3-6,8H2,1-2H3,(H,15,16). The second kappa shape index (κ2) is 8.14. The first-order valence-corrected chi connectivity index (χ1v) is 6.46. The summed E-state index contributed by atoms with van der Waals surface area (Å²) >= 11 is 0. The van der Waals surface area contributed by atoms with Gasteiger partial charge in [-0.05, 0) is 17.9 Å². The molecule has 0 saturated carbocycles. The number of rotatable bonds is 8. The summed E-state index contributed by atoms with van der Waals surface area (Å²) in [5, 5.41) is 17.5. The molecule has 0 aromatic rings. The van der Waals surface area contributed by atoms with Crippen LogP contribution in [0.1, 0.15) is 20.3 Å². The van der Waals surface area contributed by atoms with E-state index < -0.39 is 12.3 Å². The van der Waals surface area contributed by atoms with E-state index in [1.54, 1.807) is 6.08 Å². The maximum Gasteiger partial charge on any atom is 0.370 e. The Morgan fingerprint density at radius 3 is 2.79 bits per heavy atom. The minimum atomic E-state index is -1.07. The number of hydrogen-bond acceptors (Lipinski definition) is 5. The van der Waals surface area contributed by atoms with Crippen molar-refractivity contribution in [3.63, 3.8) is 0 Å². The van der Waals surface area contributed by atoms with Gasteiger partial charge < -0.3 is 24.4 Å². The lowest BCUT2D eigenvalue weighted by Crippen LogP contribution is -2.30. The fraction of sp³-hybridized carbons (Fsp3) is 0.769. The van der Waals surface area contributed by atoms with Crippen LogP contribution in [0.25, 0.3) is 0 Å². The fourth-order valence-electron chi connectivity index (χ4n) is 1.81. The third kappa shape index (κ3) is 5.59. The summed E-state index contributed by atoms with van der Waals surface area (Å²) in [6.45, 7) is 4.97. The maximum atomic E-state index is 11.0. The van der Waals surface area contributed by atoms with Crippen LogP contribution in [0.5, 0.6) is 0 Å². The Kier molecular flexibility index (Phi) is 6.83. The number of carboxylic acid groups (broad SMARTS) is 1. The van der Waals surface area contributed by atoms with Crippen LogP contribution in [0.15, 0.2) is 11.8 Å². The van der Waals surface area contributed by atoms with Crippen LogP contribution >= 0.6 is 0 Å². The van der Waals surface area contributed by atoms with Crippen molar-refractivity contribution in [1.29, 1.82) is 0 Å². The highest BCUT2D eigenvalue weighted by atomic mass is 16.7. The van der Waals surface area contributed by atoms with Crippen LogP contribution in [-0.4, -0.2) is 48.9 Å². The summed E-state index contributed by atoms with van der Waals surface area (Å²) in [7, 11) is 0. The van der Waals surface area contributed by atoms with Gasteiger partial charge in [0.25, 0.3) is 0 Å². The van der Waals surface area contributed by atoms with Crippen LogP contribution in [0.4, 0.5) is 0 Å². The molecule has 1 aliphatic rings. The lowest BCUT2D eigenvalue weighted by Gasteiger charge is -2.29. The van der Waals surface area contributed by atoms with Crippen LogP contribution in [0.3, 0.4) is 0 Å². The molecule has 0 aromatic heterocycles. The molecule has 1 rings (SSSR count). The number of carbonyl (C=O) groups is 1. The number of aliphatic carboxylic acids is 1. The Morgan fingerprint density at radius 1 is 1.47 bits per heavy atom. The highest BCUT2D eigenvalue weighted by Gasteiger charge is 2.28. The van der Waals surface area contributed by atoms with Gasteiger partial charge >= 0.3 is 5.97 Å². The topological polar surface area (TPSA) is 85.2 Å². The van der Waals surface area contributed by atoms with Crippen LogP contribution in [0.2, 0.25) is 0 Å². The average Bonchev–Trinajstić information content (AvgIpc) is 2.38. The molecule has 0 aliphatic carbocycles. The number of aliphatic hydroxyl groups excluding tert-OH is 1. The molecule has 0 bridgehead atoms. The van der Waals surface area contributed by atoms with Gasteiger partial charge in [-0.1, -0.05) is 13.8 Å². The van der Waals surface area contributed by atoms with Crippen molar-refractivity contribution in [2.45, 2.75) is 26.6 Å². The van der Waals surface area contributed by atoms with Gasteiger partial charge in [0, 0.05) is 6.42 Å². The summed E-state index contributed by atoms with van der Waals surface area (Å²) in [4.78, 5) is 11.0. The average molecular weight is 274 g/mol. The molecule has 0 spiro atoms. The monoisotopic (exact) mass is 274 g/mol. The Hall–Kier alpha value is -1.11. The van der Waals surface area contributed by atoms with Gasteiger partial charge in [-0.25, -0.2) is 4.79 Å². The van der Waals surface area contributed by atoms with E-state index in [9.17, 15) is 4.79 Å². The second-order valence-corrected chi connectivity index (χ2v) is 4.73. The molecule has 0 fully saturated rings. The first kappa shape index (κ1) is 15.9. The van der Waals surface area contributed by atoms with Crippen molar-refractivity contribution < 1.29 is 29.2 Å². The van der Waals surface area contributed by atoms with Crippen molar-refractivity contribution in [1.82, 2.24) is 0 Å². The first-order valence-electron chi connectivity index (χ1n) is 6.46. The SMILES string of the molecule is CC(C)C1C=C(C(=O)O)OC(OCCOCCO)C1. The van der Waals surface area contributed by atoms with Crippen molar-refractivity contribution in [2.24, 2.45) is 11.8 Å². The van der Waals surface area contributed by atoms with E-state index in [0.717, 1.165) is 0 Å². The largest absolute Gasteiger partial charge is 0.475 e. The number of carboxylic acids is 1. The normalized spacial score (nSPS) is 23.1. The minimum Gasteiger partial charge on any atom is -0.475 e. The number of hydrogen-bond donors (Lipinski definition) is 2. The Balaban J connectivity index is 2.43. The smallest absolute Gasteiger partial charge is 0.370 e. The Morgan fingerprint density at radius 2 is 2.21 bits per heavy atom. The van der Waals surface area contributed by atoms with Crippen LogP contribution < -0.4 is 0 Å². The van der Waals surface area contributed by atoms with E-state index in [-0.39, 0.29) is 24.9 Å². The minimum absolute atomic E-state index is 0.0265. The third-order valence-corrected chi connectivity index (χ3v) is 2.92. The van der Waals surface area contributed by atoms with Gasteiger partial charge in [0.15, 0.2) is 0 Å². The molecular weight excluding hydrogens is 252 g/mol. The Bertz CT molecular complexity index is 312. The predicted octanol–water partition coefficient (Wildman–Crippen LogP) is 0.999. The van der Waals surface area contributed by atoms with E-state index in [0.29, 0.717) is 25.6 Å². The molecule has 1 heterocycles. The molecule has 0 aromatic carbocycles. The summed E-state index contributed by atoms with van der Waals surface area (Å²) in [5.41, 5.74) is 0. The van der Waals surface area contributed by atoms with Gasteiger partial charge in [-0.2, -0.15) is 0 Å². The molecule has 0 amide bonds. The molecule has 2 N–H and O–H groups in total. The van der Waals surface area contributed by atoms with E-state index in [2.05, 4.69) is 0 Å². The molecule has 2 unspecified atom stereocenters. The predicted molar refractivity (Wildman–Crippen MR) is 67.4 cm³/mol. The van der Waals surface area contributed by atoms with Gasteiger partial charge in [0.05, 0.1) is 26.4 Å². The summed E-state index contributed by atoms with van der Waals surface area (Å²) in [5.74, 6) is -0.667. The number of aliphatic hydroxyl groups is 1. The zero-order valence-electron chi connectivity index (χ0n) is 11.4. The van der Waals surface area contributed by atoms with E-state index in [4.69, 9.17) is 24.4 Å². The summed E-state index contributed by atoms with van der Waals surface area (Å²) in [6.07, 6.45) is 1.73. The molecule has 0 radical (unpaired) electrons. The maximum absolute atomic E-state index is 11.0. The van der Waals surface area contributed by atoms with E-state index >= 15 is 0 Å². The highest BCUT2D eigenvalue weighted by molar-refractivity contribution is 5.84. The van der Waals surface area contributed by atoms with Crippen molar-refractivity contribution >= 4 is 5.97 Å². The molecule has 1 aliphatic heterocycles. The summed E-state index contributed by atoms with van der Waals surface area (Å²) < 4.78 is 15.8. The molecule has 0 saturated heterocycles. The van der Waals surface area contributed by atoms with Gasteiger partial charge in [0.1, 0.15) is 0 Å². The highest BCUT2D eigenvalue weighted by Crippen LogP contribution is 2.28. The molecule has 2 atom stereocenters. The van der Waals surface area contributed by atoms with Crippen LogP contribution in [0, 0.1) is 11.8 Å². The number of ether oxygens (including phenoxy) is 3. The molecule has 19 heavy (non-hydrogen) atoms.